The second kappa shape index (κ2) is 7.89. The highest BCUT2D eigenvalue weighted by molar-refractivity contribution is 5.68. The summed E-state index contributed by atoms with van der Waals surface area (Å²) >= 11 is 0. The number of allylic oxidation sites excluding steroid dienone is 2. The van der Waals surface area contributed by atoms with Crippen molar-refractivity contribution in [1.82, 2.24) is 9.38 Å². The summed E-state index contributed by atoms with van der Waals surface area (Å²) in [7, 11) is 3.19. The first-order valence-corrected chi connectivity index (χ1v) is 9.65. The first-order valence-electron chi connectivity index (χ1n) is 9.65. The van der Waals surface area contributed by atoms with E-state index < -0.39 is 0 Å². The molecule has 0 N–H and O–H groups in total. The van der Waals surface area contributed by atoms with Crippen molar-refractivity contribution >= 4 is 11.2 Å². The number of hydrogen-bond acceptors (Lipinski definition) is 4. The molecular formula is C23H24N2O3. The lowest BCUT2D eigenvalue weighted by Crippen LogP contribution is -2.14. The highest BCUT2D eigenvalue weighted by Gasteiger charge is 2.11. The molecule has 0 radical (unpaired) electrons. The van der Waals surface area contributed by atoms with E-state index in [1.807, 2.05) is 30.5 Å². The smallest absolute Gasteiger partial charge is 0.258 e. The maximum absolute atomic E-state index is 12.8. The molecule has 3 aromatic rings. The Morgan fingerprint density at radius 3 is 2.57 bits per heavy atom. The number of nitrogens with zero attached hydrogens (tertiary/aromatic N) is 2. The summed E-state index contributed by atoms with van der Waals surface area (Å²) in [5.41, 5.74) is 4.41. The molecule has 28 heavy (non-hydrogen) atoms. The van der Waals surface area contributed by atoms with Crippen LogP contribution in [0.3, 0.4) is 0 Å². The van der Waals surface area contributed by atoms with Crippen LogP contribution in [0.1, 0.15) is 37.7 Å². The van der Waals surface area contributed by atoms with Gasteiger partial charge in [0.15, 0.2) is 11.5 Å². The topological polar surface area (TPSA) is 52.8 Å². The number of benzene rings is 1. The van der Waals surface area contributed by atoms with Gasteiger partial charge in [-0.15, -0.1) is 0 Å². The third kappa shape index (κ3) is 3.52. The molecule has 1 aliphatic carbocycles. The quantitative estimate of drug-likeness (QED) is 0.661. The minimum atomic E-state index is -0.0918. The maximum atomic E-state index is 12.8. The third-order valence-corrected chi connectivity index (χ3v) is 5.25. The largest absolute Gasteiger partial charge is 0.493 e. The van der Waals surface area contributed by atoms with Crippen LogP contribution in [0.4, 0.5) is 0 Å². The highest BCUT2D eigenvalue weighted by atomic mass is 16.5. The SMILES string of the molecule is COc1ccc(-c2cc(=O)n3cc(C4=CCCCCC4)ccc3n2)cc1OC. The zero-order chi connectivity index (χ0) is 19.5. The van der Waals surface area contributed by atoms with Gasteiger partial charge in [0.25, 0.3) is 5.56 Å². The molecule has 0 spiro atoms. The van der Waals surface area contributed by atoms with Crippen LogP contribution in [0, 0.1) is 0 Å². The Kier molecular flexibility index (Phi) is 5.15. The van der Waals surface area contributed by atoms with Crippen LogP contribution in [0.25, 0.3) is 22.5 Å². The predicted molar refractivity (Wildman–Crippen MR) is 111 cm³/mol. The summed E-state index contributed by atoms with van der Waals surface area (Å²) in [6, 6.07) is 11.1. The molecule has 4 rings (SSSR count). The van der Waals surface area contributed by atoms with Gasteiger partial charge in [-0.05, 0) is 67.2 Å². The van der Waals surface area contributed by atoms with Crippen LogP contribution in [-0.2, 0) is 0 Å². The van der Waals surface area contributed by atoms with Crippen molar-refractivity contribution in [2.24, 2.45) is 0 Å². The van der Waals surface area contributed by atoms with Crippen molar-refractivity contribution < 1.29 is 9.47 Å². The molecule has 2 aromatic heterocycles. The molecule has 0 saturated heterocycles. The number of pyridine rings is 1. The Hall–Kier alpha value is -3.08. The zero-order valence-electron chi connectivity index (χ0n) is 16.3. The van der Waals surface area contributed by atoms with Crippen molar-refractivity contribution in [1.29, 1.82) is 0 Å². The summed E-state index contributed by atoms with van der Waals surface area (Å²) in [4.78, 5) is 17.5. The summed E-state index contributed by atoms with van der Waals surface area (Å²) in [6.07, 6.45) is 10.1. The summed E-state index contributed by atoms with van der Waals surface area (Å²) in [5.74, 6) is 1.25. The molecule has 0 fully saturated rings. The first kappa shape index (κ1) is 18.3. The fraction of sp³-hybridized carbons (Fsp3) is 0.304. The first-order chi connectivity index (χ1) is 13.7. The minimum Gasteiger partial charge on any atom is -0.493 e. The van der Waals surface area contributed by atoms with Gasteiger partial charge in [0.1, 0.15) is 5.65 Å². The van der Waals surface area contributed by atoms with E-state index in [-0.39, 0.29) is 5.56 Å². The summed E-state index contributed by atoms with van der Waals surface area (Å²) in [5, 5.41) is 0. The minimum absolute atomic E-state index is 0.0918. The average Bonchev–Trinajstić information content (AvgIpc) is 3.02. The van der Waals surface area contributed by atoms with E-state index in [1.165, 1.54) is 24.8 Å². The van der Waals surface area contributed by atoms with E-state index >= 15 is 0 Å². The molecule has 0 atom stereocenters. The van der Waals surface area contributed by atoms with Crippen molar-refractivity contribution in [3.63, 3.8) is 0 Å². The lowest BCUT2D eigenvalue weighted by molar-refractivity contribution is 0.355. The van der Waals surface area contributed by atoms with Gasteiger partial charge >= 0.3 is 0 Å². The van der Waals surface area contributed by atoms with Crippen LogP contribution >= 0.6 is 0 Å². The van der Waals surface area contributed by atoms with E-state index in [1.54, 1.807) is 24.7 Å². The number of fused-ring (bicyclic) bond motifs is 1. The average molecular weight is 376 g/mol. The van der Waals surface area contributed by atoms with Crippen molar-refractivity contribution in [2.45, 2.75) is 32.1 Å². The molecule has 0 unspecified atom stereocenters. The van der Waals surface area contributed by atoms with Gasteiger partial charge in [-0.2, -0.15) is 0 Å². The summed E-state index contributed by atoms with van der Waals surface area (Å²) in [6.45, 7) is 0. The van der Waals surface area contributed by atoms with Gasteiger partial charge in [0, 0.05) is 17.8 Å². The Morgan fingerprint density at radius 1 is 0.929 bits per heavy atom. The van der Waals surface area contributed by atoms with Crippen molar-refractivity contribution in [3.8, 4) is 22.8 Å². The number of methoxy groups -OCH3 is 2. The van der Waals surface area contributed by atoms with Crippen LogP contribution in [-0.4, -0.2) is 23.6 Å². The number of ether oxygens (including phenoxy) is 2. The van der Waals surface area contributed by atoms with E-state index in [2.05, 4.69) is 17.1 Å². The Bertz CT molecular complexity index is 1100. The molecule has 5 nitrogen and oxygen atoms in total. The number of hydrogen-bond donors (Lipinski definition) is 0. The van der Waals surface area contributed by atoms with Crippen LogP contribution in [0.2, 0.25) is 0 Å². The Labute approximate surface area is 164 Å². The van der Waals surface area contributed by atoms with Crippen molar-refractivity contribution in [2.75, 3.05) is 14.2 Å². The third-order valence-electron chi connectivity index (χ3n) is 5.25. The number of aromatic nitrogens is 2. The van der Waals surface area contributed by atoms with E-state index in [9.17, 15) is 4.79 Å². The van der Waals surface area contributed by atoms with Crippen LogP contribution in [0.5, 0.6) is 11.5 Å². The number of rotatable bonds is 4. The summed E-state index contributed by atoms with van der Waals surface area (Å²) < 4.78 is 12.3. The van der Waals surface area contributed by atoms with Crippen LogP contribution < -0.4 is 15.0 Å². The fourth-order valence-electron chi connectivity index (χ4n) is 3.71. The van der Waals surface area contributed by atoms with Gasteiger partial charge in [0.2, 0.25) is 0 Å². The van der Waals surface area contributed by atoms with Crippen LogP contribution in [0.15, 0.2) is 53.5 Å². The maximum Gasteiger partial charge on any atom is 0.258 e. The second-order valence-corrected chi connectivity index (χ2v) is 7.02. The van der Waals surface area contributed by atoms with Gasteiger partial charge in [-0.3, -0.25) is 9.20 Å². The predicted octanol–water partition coefficient (Wildman–Crippen LogP) is 4.73. The van der Waals surface area contributed by atoms with E-state index in [0.717, 1.165) is 24.0 Å². The standard InChI is InChI=1S/C23H24N2O3/c1-27-20-11-9-17(13-21(20)28-2)19-14-23(26)25-15-18(10-12-22(25)24-19)16-7-5-3-4-6-8-16/h7,9-15H,3-6,8H2,1-2H3. The van der Waals surface area contributed by atoms with Gasteiger partial charge in [-0.25, -0.2) is 4.98 Å². The second-order valence-electron chi connectivity index (χ2n) is 7.02. The molecular weight excluding hydrogens is 352 g/mol. The molecule has 1 aliphatic rings. The lowest BCUT2D eigenvalue weighted by Gasteiger charge is -2.11. The monoisotopic (exact) mass is 376 g/mol. The molecule has 0 bridgehead atoms. The van der Waals surface area contributed by atoms with Crippen molar-refractivity contribution in [3.05, 3.63) is 64.6 Å². The molecule has 5 heteroatoms. The molecule has 144 valence electrons. The van der Waals surface area contributed by atoms with Gasteiger partial charge in [0.05, 0.1) is 19.9 Å². The Morgan fingerprint density at radius 2 is 1.75 bits per heavy atom. The molecule has 1 aromatic carbocycles. The fourth-order valence-corrected chi connectivity index (χ4v) is 3.71. The van der Waals surface area contributed by atoms with E-state index in [0.29, 0.717) is 22.8 Å². The molecule has 0 saturated carbocycles. The van der Waals surface area contributed by atoms with Gasteiger partial charge in [-0.1, -0.05) is 12.5 Å². The normalized spacial score (nSPS) is 14.4. The molecule has 2 heterocycles. The highest BCUT2D eigenvalue weighted by Crippen LogP contribution is 2.31. The lowest BCUT2D eigenvalue weighted by atomic mass is 10.0. The van der Waals surface area contributed by atoms with E-state index in [4.69, 9.17) is 9.47 Å². The molecule has 0 aliphatic heterocycles. The Balaban J connectivity index is 1.76. The molecule has 0 amide bonds. The van der Waals surface area contributed by atoms with Gasteiger partial charge < -0.3 is 9.47 Å². The zero-order valence-corrected chi connectivity index (χ0v) is 16.3.